The molecule has 0 saturated carbocycles. The number of aryl methyl sites for hydroxylation is 1. The Kier molecular flexibility index (Phi) is 6.61. The van der Waals surface area contributed by atoms with Crippen molar-refractivity contribution >= 4 is 29.3 Å². The summed E-state index contributed by atoms with van der Waals surface area (Å²) in [5.41, 5.74) is 2.18. The van der Waals surface area contributed by atoms with Crippen molar-refractivity contribution in [1.82, 2.24) is 0 Å². The zero-order valence-corrected chi connectivity index (χ0v) is 14.2. The van der Waals surface area contributed by atoms with Crippen LogP contribution in [-0.4, -0.2) is 23.4 Å². The fourth-order valence-corrected chi connectivity index (χ4v) is 2.11. The van der Waals surface area contributed by atoms with Crippen LogP contribution in [0.2, 0.25) is 0 Å². The zero-order valence-electron chi connectivity index (χ0n) is 14.2. The Morgan fingerprint density at radius 1 is 1.19 bits per heavy atom. The number of hydrogen-bond donors (Lipinski definition) is 1. The lowest BCUT2D eigenvalue weighted by Crippen LogP contribution is -2.20. The number of anilines is 1. The Labute approximate surface area is 150 Å². The molecule has 2 aromatic carbocycles. The van der Waals surface area contributed by atoms with Crippen molar-refractivity contribution in [3.05, 3.63) is 75.8 Å². The molecule has 26 heavy (non-hydrogen) atoms. The first-order chi connectivity index (χ1) is 12.5. The standard InChI is InChI=1S/C19H18N2O5/c1-2-14-6-9-16(10-7-14)20-18(22)13-26-19(23)11-8-15-4-3-5-17(12-15)21(24)25/h3-12H,2,13H2,1H3,(H,20,22)/b11-8+. The molecule has 0 aromatic heterocycles. The number of ether oxygens (including phenoxy) is 1. The highest BCUT2D eigenvalue weighted by atomic mass is 16.6. The highest BCUT2D eigenvalue weighted by Crippen LogP contribution is 2.14. The van der Waals surface area contributed by atoms with Crippen LogP contribution in [0.3, 0.4) is 0 Å². The number of amides is 1. The minimum Gasteiger partial charge on any atom is -0.452 e. The lowest BCUT2D eigenvalue weighted by molar-refractivity contribution is -0.384. The topological polar surface area (TPSA) is 98.5 Å². The van der Waals surface area contributed by atoms with E-state index >= 15 is 0 Å². The summed E-state index contributed by atoms with van der Waals surface area (Å²) in [6, 6.07) is 13.2. The molecule has 0 saturated heterocycles. The molecule has 0 fully saturated rings. The van der Waals surface area contributed by atoms with E-state index in [0.29, 0.717) is 11.3 Å². The number of nitrogens with one attached hydrogen (secondary N) is 1. The van der Waals surface area contributed by atoms with Gasteiger partial charge in [0.1, 0.15) is 0 Å². The Morgan fingerprint density at radius 3 is 2.58 bits per heavy atom. The number of esters is 1. The second-order valence-corrected chi connectivity index (χ2v) is 5.39. The van der Waals surface area contributed by atoms with Gasteiger partial charge in [0.25, 0.3) is 11.6 Å². The normalized spacial score (nSPS) is 10.5. The highest BCUT2D eigenvalue weighted by molar-refractivity contribution is 5.94. The summed E-state index contributed by atoms with van der Waals surface area (Å²) in [6.45, 7) is 1.61. The first-order valence-electron chi connectivity index (χ1n) is 7.96. The SMILES string of the molecule is CCc1ccc(NC(=O)COC(=O)/C=C/c2cccc([N+](=O)[O-])c2)cc1. The van der Waals surface area contributed by atoms with Crippen molar-refractivity contribution in [2.45, 2.75) is 13.3 Å². The maximum absolute atomic E-state index is 11.8. The van der Waals surface area contributed by atoms with Gasteiger partial charge in [0, 0.05) is 23.9 Å². The smallest absolute Gasteiger partial charge is 0.331 e. The van der Waals surface area contributed by atoms with Gasteiger partial charge in [-0.2, -0.15) is 0 Å². The number of carbonyl (C=O) groups is 2. The quantitative estimate of drug-likeness (QED) is 0.356. The van der Waals surface area contributed by atoms with Gasteiger partial charge in [-0.3, -0.25) is 14.9 Å². The van der Waals surface area contributed by atoms with Crippen LogP contribution in [0.1, 0.15) is 18.1 Å². The first-order valence-corrected chi connectivity index (χ1v) is 7.96. The Hall–Kier alpha value is -3.48. The van der Waals surface area contributed by atoms with Gasteiger partial charge in [0.15, 0.2) is 6.61 Å². The van der Waals surface area contributed by atoms with E-state index in [1.54, 1.807) is 18.2 Å². The molecule has 1 N–H and O–H groups in total. The van der Waals surface area contributed by atoms with Crippen molar-refractivity contribution in [3.8, 4) is 0 Å². The molecule has 0 aliphatic rings. The third kappa shape index (κ3) is 5.86. The van der Waals surface area contributed by atoms with E-state index in [2.05, 4.69) is 5.32 Å². The van der Waals surface area contributed by atoms with Gasteiger partial charge in [-0.05, 0) is 35.8 Å². The number of nitrogens with zero attached hydrogens (tertiary/aromatic N) is 1. The largest absolute Gasteiger partial charge is 0.452 e. The number of nitro groups is 1. The summed E-state index contributed by atoms with van der Waals surface area (Å²) in [6.07, 6.45) is 3.40. The van der Waals surface area contributed by atoms with Crippen LogP contribution in [0.15, 0.2) is 54.6 Å². The van der Waals surface area contributed by atoms with E-state index < -0.39 is 23.4 Å². The van der Waals surface area contributed by atoms with E-state index in [1.807, 2.05) is 19.1 Å². The first kappa shape index (κ1) is 18.9. The van der Waals surface area contributed by atoms with Crippen LogP contribution in [-0.2, 0) is 20.7 Å². The minimum absolute atomic E-state index is 0.0750. The van der Waals surface area contributed by atoms with Gasteiger partial charge < -0.3 is 10.1 Å². The molecular formula is C19H18N2O5. The molecule has 0 aliphatic carbocycles. The minimum atomic E-state index is -0.715. The van der Waals surface area contributed by atoms with E-state index in [4.69, 9.17) is 4.74 Å². The molecule has 7 heteroatoms. The van der Waals surface area contributed by atoms with Gasteiger partial charge in [-0.1, -0.05) is 31.2 Å². The number of rotatable bonds is 7. The molecule has 2 rings (SSSR count). The lowest BCUT2D eigenvalue weighted by atomic mass is 10.1. The number of carbonyl (C=O) groups excluding carboxylic acids is 2. The van der Waals surface area contributed by atoms with Crippen molar-refractivity contribution in [2.75, 3.05) is 11.9 Å². The molecule has 0 bridgehead atoms. The maximum atomic E-state index is 11.8. The van der Waals surface area contributed by atoms with Crippen molar-refractivity contribution in [3.63, 3.8) is 0 Å². The lowest BCUT2D eigenvalue weighted by Gasteiger charge is -2.06. The highest BCUT2D eigenvalue weighted by Gasteiger charge is 2.07. The van der Waals surface area contributed by atoms with Crippen LogP contribution in [0.25, 0.3) is 6.08 Å². The van der Waals surface area contributed by atoms with Gasteiger partial charge in [0.2, 0.25) is 0 Å². The van der Waals surface area contributed by atoms with Gasteiger partial charge >= 0.3 is 5.97 Å². The van der Waals surface area contributed by atoms with E-state index in [9.17, 15) is 19.7 Å². The second-order valence-electron chi connectivity index (χ2n) is 5.39. The zero-order chi connectivity index (χ0) is 18.9. The molecular weight excluding hydrogens is 336 g/mol. The van der Waals surface area contributed by atoms with Crippen LogP contribution in [0, 0.1) is 10.1 Å². The van der Waals surface area contributed by atoms with Gasteiger partial charge in [-0.25, -0.2) is 4.79 Å². The van der Waals surface area contributed by atoms with Crippen LogP contribution in [0.4, 0.5) is 11.4 Å². The van der Waals surface area contributed by atoms with E-state index in [0.717, 1.165) is 18.1 Å². The molecule has 0 heterocycles. The van der Waals surface area contributed by atoms with Gasteiger partial charge in [0.05, 0.1) is 4.92 Å². The molecule has 2 aromatic rings. The monoisotopic (exact) mass is 354 g/mol. The number of non-ortho nitro benzene ring substituents is 1. The third-order valence-electron chi connectivity index (χ3n) is 3.48. The summed E-state index contributed by atoms with van der Waals surface area (Å²) >= 11 is 0. The summed E-state index contributed by atoms with van der Waals surface area (Å²) in [7, 11) is 0. The van der Waals surface area contributed by atoms with E-state index in [1.165, 1.54) is 24.3 Å². The molecule has 0 aliphatic heterocycles. The average Bonchev–Trinajstić information content (AvgIpc) is 2.65. The molecule has 0 radical (unpaired) electrons. The second kappa shape index (κ2) is 9.12. The van der Waals surface area contributed by atoms with Crippen LogP contribution in [0.5, 0.6) is 0 Å². The summed E-state index contributed by atoms with van der Waals surface area (Å²) in [5, 5.41) is 13.3. The predicted octanol–water partition coefficient (Wildman–Crippen LogP) is 3.35. The Balaban J connectivity index is 1.82. The van der Waals surface area contributed by atoms with E-state index in [-0.39, 0.29) is 5.69 Å². The Morgan fingerprint density at radius 2 is 1.92 bits per heavy atom. The molecule has 1 amide bonds. The van der Waals surface area contributed by atoms with Crippen molar-refractivity contribution < 1.29 is 19.2 Å². The van der Waals surface area contributed by atoms with Crippen LogP contribution >= 0.6 is 0 Å². The average molecular weight is 354 g/mol. The number of hydrogen-bond acceptors (Lipinski definition) is 5. The fraction of sp³-hybridized carbons (Fsp3) is 0.158. The molecule has 0 unspecified atom stereocenters. The number of nitro benzene ring substituents is 1. The molecule has 7 nitrogen and oxygen atoms in total. The van der Waals surface area contributed by atoms with Gasteiger partial charge in [-0.15, -0.1) is 0 Å². The molecule has 0 spiro atoms. The predicted molar refractivity (Wildman–Crippen MR) is 97.5 cm³/mol. The summed E-state index contributed by atoms with van der Waals surface area (Å²) in [4.78, 5) is 33.6. The summed E-state index contributed by atoms with van der Waals surface area (Å²) in [5.74, 6) is -1.17. The Bertz CT molecular complexity index is 828. The molecule has 0 atom stereocenters. The maximum Gasteiger partial charge on any atom is 0.331 e. The van der Waals surface area contributed by atoms with Crippen molar-refractivity contribution in [2.24, 2.45) is 0 Å². The van der Waals surface area contributed by atoms with Crippen LogP contribution < -0.4 is 5.32 Å². The third-order valence-corrected chi connectivity index (χ3v) is 3.48. The summed E-state index contributed by atoms with van der Waals surface area (Å²) < 4.78 is 4.85. The van der Waals surface area contributed by atoms with Crippen molar-refractivity contribution in [1.29, 1.82) is 0 Å². The fourth-order valence-electron chi connectivity index (χ4n) is 2.11. The molecule has 134 valence electrons. The number of benzene rings is 2.